The van der Waals surface area contributed by atoms with Crippen molar-refractivity contribution >= 4 is 26.4 Å². The summed E-state index contributed by atoms with van der Waals surface area (Å²) in [5.41, 5.74) is -1.73. The fourth-order valence-corrected chi connectivity index (χ4v) is 5.90. The van der Waals surface area contributed by atoms with Crippen LogP contribution in [0.1, 0.15) is 48.9 Å². The highest BCUT2D eigenvalue weighted by Gasteiger charge is 2.38. The van der Waals surface area contributed by atoms with Gasteiger partial charge in [-0.2, -0.15) is 0 Å². The minimum absolute atomic E-state index is 0.0143. The average molecular weight is 495 g/mol. The lowest BCUT2D eigenvalue weighted by Gasteiger charge is -2.33. The van der Waals surface area contributed by atoms with E-state index in [1.165, 1.54) is 36.0 Å². The lowest BCUT2D eigenvalue weighted by molar-refractivity contribution is 0.0253. The number of aromatic nitrogens is 2. The van der Waals surface area contributed by atoms with E-state index in [9.17, 15) is 27.3 Å². The van der Waals surface area contributed by atoms with Crippen molar-refractivity contribution in [2.45, 2.75) is 37.8 Å². The summed E-state index contributed by atoms with van der Waals surface area (Å²) >= 11 is 0. The monoisotopic (exact) mass is 494 g/mol. The van der Waals surface area contributed by atoms with E-state index in [2.05, 4.69) is 10.3 Å². The SMILES string of the molecule is C[C@@H](Nc1ccnc2c1cc(C1(O)CCS(=N)(=O)CC1)c(=O)n2C)c1cccc(C(F)F)c1F. The zero-order chi connectivity index (χ0) is 24.8. The van der Waals surface area contributed by atoms with Gasteiger partial charge in [0.25, 0.3) is 12.0 Å². The normalized spacial score (nSPS) is 23.9. The Balaban J connectivity index is 1.78. The highest BCUT2D eigenvalue weighted by molar-refractivity contribution is 7.92. The van der Waals surface area contributed by atoms with Gasteiger partial charge in [-0.15, -0.1) is 0 Å². The van der Waals surface area contributed by atoms with E-state index in [-0.39, 0.29) is 35.5 Å². The Morgan fingerprint density at radius 1 is 1.24 bits per heavy atom. The zero-order valence-electron chi connectivity index (χ0n) is 18.6. The Kier molecular flexibility index (Phi) is 6.19. The molecule has 4 rings (SSSR count). The third-order valence-electron chi connectivity index (χ3n) is 6.43. The van der Waals surface area contributed by atoms with Gasteiger partial charge >= 0.3 is 0 Å². The minimum atomic E-state index is -2.94. The maximum absolute atomic E-state index is 14.7. The highest BCUT2D eigenvalue weighted by Crippen LogP contribution is 2.35. The van der Waals surface area contributed by atoms with Crippen LogP contribution in [0.5, 0.6) is 0 Å². The smallest absolute Gasteiger partial charge is 0.266 e. The van der Waals surface area contributed by atoms with Crippen LogP contribution in [0.4, 0.5) is 18.9 Å². The van der Waals surface area contributed by atoms with Crippen molar-refractivity contribution in [1.82, 2.24) is 9.55 Å². The van der Waals surface area contributed by atoms with E-state index in [0.717, 1.165) is 6.07 Å². The number of pyridine rings is 2. The summed E-state index contributed by atoms with van der Waals surface area (Å²) in [6.45, 7) is 1.63. The minimum Gasteiger partial charge on any atom is -0.385 e. The van der Waals surface area contributed by atoms with Gasteiger partial charge in [-0.05, 0) is 31.9 Å². The number of fused-ring (bicyclic) bond motifs is 1. The Morgan fingerprint density at radius 3 is 2.53 bits per heavy atom. The number of halogens is 3. The molecule has 3 heterocycles. The first-order valence-corrected chi connectivity index (χ1v) is 12.6. The molecule has 1 aliphatic rings. The summed E-state index contributed by atoms with van der Waals surface area (Å²) in [6, 6.07) is 6.27. The fraction of sp³-hybridized carbons (Fsp3) is 0.391. The van der Waals surface area contributed by atoms with E-state index in [1.54, 1.807) is 13.0 Å². The maximum Gasteiger partial charge on any atom is 0.266 e. The number of hydrogen-bond donors (Lipinski definition) is 3. The van der Waals surface area contributed by atoms with Crippen LogP contribution in [-0.2, 0) is 22.4 Å². The lowest BCUT2D eigenvalue weighted by Crippen LogP contribution is -2.41. The van der Waals surface area contributed by atoms with Crippen molar-refractivity contribution in [2.24, 2.45) is 7.05 Å². The van der Waals surface area contributed by atoms with Crippen LogP contribution in [0.25, 0.3) is 11.0 Å². The Morgan fingerprint density at radius 2 is 1.88 bits per heavy atom. The Bertz CT molecular complexity index is 1410. The molecular formula is C23H25F3N4O3S. The molecule has 1 saturated heterocycles. The molecule has 1 aromatic carbocycles. The summed E-state index contributed by atoms with van der Waals surface area (Å²) in [6.07, 6.45) is -1.45. The third-order valence-corrected chi connectivity index (χ3v) is 8.16. The number of alkyl halides is 2. The molecule has 34 heavy (non-hydrogen) atoms. The number of rotatable bonds is 5. The van der Waals surface area contributed by atoms with Crippen molar-refractivity contribution in [1.29, 1.82) is 4.78 Å². The molecule has 0 unspecified atom stereocenters. The van der Waals surface area contributed by atoms with E-state index >= 15 is 0 Å². The predicted octanol–water partition coefficient (Wildman–Crippen LogP) is 4.21. The van der Waals surface area contributed by atoms with E-state index < -0.39 is 44.7 Å². The molecule has 7 nitrogen and oxygen atoms in total. The van der Waals surface area contributed by atoms with Gasteiger partial charge in [-0.3, -0.25) is 14.1 Å². The van der Waals surface area contributed by atoms with Gasteiger partial charge < -0.3 is 10.4 Å². The number of anilines is 1. The molecule has 1 atom stereocenters. The predicted molar refractivity (Wildman–Crippen MR) is 124 cm³/mol. The van der Waals surface area contributed by atoms with Crippen molar-refractivity contribution < 1.29 is 22.5 Å². The molecule has 0 bridgehead atoms. The molecular weight excluding hydrogens is 469 g/mol. The number of aliphatic hydroxyl groups is 1. The molecule has 3 aromatic rings. The number of nitrogens with one attached hydrogen (secondary N) is 2. The molecule has 182 valence electrons. The van der Waals surface area contributed by atoms with Crippen LogP contribution < -0.4 is 10.9 Å². The molecule has 0 radical (unpaired) electrons. The molecule has 3 N–H and O–H groups in total. The number of nitrogens with zero attached hydrogens (tertiary/aromatic N) is 2. The molecule has 1 aliphatic heterocycles. The van der Waals surface area contributed by atoms with Gasteiger partial charge in [0.15, 0.2) is 0 Å². The van der Waals surface area contributed by atoms with E-state index in [0.29, 0.717) is 16.7 Å². The zero-order valence-corrected chi connectivity index (χ0v) is 19.5. The summed E-state index contributed by atoms with van der Waals surface area (Å²) in [5.74, 6) is -1.02. The standard InChI is InChI=1S/C23H25F3N4O3S/c1-13(14-4-3-5-15(19(14)24)20(25)26)29-18-6-9-28-21-16(18)12-17(22(31)30(21)2)23(32)7-10-34(27,33)11-8-23/h3-6,9,12-13,20,27,32H,7-8,10-11H2,1-2H3,(H,28,29)/t13-,23?,34?/m1/s1. The van der Waals surface area contributed by atoms with E-state index in [4.69, 9.17) is 4.78 Å². The van der Waals surface area contributed by atoms with Crippen LogP contribution in [-0.4, -0.2) is 30.4 Å². The van der Waals surface area contributed by atoms with Crippen molar-refractivity contribution in [2.75, 3.05) is 16.8 Å². The molecule has 2 aromatic heterocycles. The molecule has 0 spiro atoms. The second kappa shape index (κ2) is 8.70. The summed E-state index contributed by atoms with van der Waals surface area (Å²) in [7, 11) is -1.26. The fourth-order valence-electron chi connectivity index (χ4n) is 4.36. The first kappa shape index (κ1) is 24.2. The van der Waals surface area contributed by atoms with Crippen molar-refractivity contribution in [3.63, 3.8) is 0 Å². The Labute approximate surface area is 194 Å². The second-order valence-electron chi connectivity index (χ2n) is 8.69. The molecule has 11 heteroatoms. The van der Waals surface area contributed by atoms with E-state index in [1.807, 2.05) is 0 Å². The number of benzene rings is 1. The van der Waals surface area contributed by atoms with Crippen molar-refractivity contribution in [3.05, 3.63) is 69.4 Å². The van der Waals surface area contributed by atoms with Crippen LogP contribution in [0.3, 0.4) is 0 Å². The first-order valence-electron chi connectivity index (χ1n) is 10.7. The van der Waals surface area contributed by atoms with Gasteiger partial charge in [0.2, 0.25) is 0 Å². The van der Waals surface area contributed by atoms with Crippen LogP contribution in [0.15, 0.2) is 41.3 Å². The van der Waals surface area contributed by atoms with Gasteiger partial charge in [0.1, 0.15) is 11.5 Å². The first-order chi connectivity index (χ1) is 15.9. The van der Waals surface area contributed by atoms with Crippen LogP contribution >= 0.6 is 0 Å². The van der Waals surface area contributed by atoms with Crippen molar-refractivity contribution in [3.8, 4) is 0 Å². The number of hydrogen-bond acceptors (Lipinski definition) is 6. The summed E-state index contributed by atoms with van der Waals surface area (Å²) in [4.78, 5) is 17.3. The maximum atomic E-state index is 14.7. The van der Waals surface area contributed by atoms with Crippen LogP contribution in [0.2, 0.25) is 0 Å². The second-order valence-corrected chi connectivity index (χ2v) is 11.1. The largest absolute Gasteiger partial charge is 0.385 e. The molecule has 0 amide bonds. The number of aryl methyl sites for hydroxylation is 1. The Hall–Kier alpha value is -2.92. The quantitative estimate of drug-likeness (QED) is 0.493. The highest BCUT2D eigenvalue weighted by atomic mass is 32.2. The summed E-state index contributed by atoms with van der Waals surface area (Å²) < 4.78 is 62.1. The molecule has 0 aliphatic carbocycles. The molecule has 1 fully saturated rings. The third kappa shape index (κ3) is 4.29. The summed E-state index contributed by atoms with van der Waals surface area (Å²) in [5, 5.41) is 14.8. The average Bonchev–Trinajstić information content (AvgIpc) is 2.78. The topological polar surface area (TPSA) is 108 Å². The van der Waals surface area contributed by atoms with Gasteiger partial charge in [-0.1, -0.05) is 18.2 Å². The van der Waals surface area contributed by atoms with Gasteiger partial charge in [0, 0.05) is 56.7 Å². The van der Waals surface area contributed by atoms with Crippen LogP contribution in [0, 0.1) is 10.6 Å². The molecule has 0 saturated carbocycles. The lowest BCUT2D eigenvalue weighted by atomic mass is 9.88. The van der Waals surface area contributed by atoms with Gasteiger partial charge in [0.05, 0.1) is 17.2 Å². The van der Waals surface area contributed by atoms with Gasteiger partial charge in [-0.25, -0.2) is 22.4 Å².